The van der Waals surface area contributed by atoms with Gasteiger partial charge in [0.1, 0.15) is 16.6 Å². The molecular formula is C28H44N2O4Si2. The second-order valence-corrected chi connectivity index (χ2v) is 24.2. The summed E-state index contributed by atoms with van der Waals surface area (Å²) < 4.78 is 20.5. The van der Waals surface area contributed by atoms with Crippen LogP contribution in [0.5, 0.6) is 0 Å². The smallest absolute Gasteiger partial charge is 0.250 e. The van der Waals surface area contributed by atoms with Gasteiger partial charge in [0.15, 0.2) is 14.1 Å². The van der Waals surface area contributed by atoms with Crippen LogP contribution in [0.2, 0.25) is 36.3 Å². The maximum absolute atomic E-state index is 14.7. The van der Waals surface area contributed by atoms with Gasteiger partial charge in [0, 0.05) is 31.1 Å². The lowest BCUT2D eigenvalue weighted by Crippen LogP contribution is -2.68. The summed E-state index contributed by atoms with van der Waals surface area (Å²) in [5.41, 5.74) is -3.26. The van der Waals surface area contributed by atoms with Gasteiger partial charge in [0.25, 0.3) is 0 Å². The summed E-state index contributed by atoms with van der Waals surface area (Å²) in [4.78, 5) is 14.7. The lowest BCUT2D eigenvalue weighted by Gasteiger charge is -2.55. The van der Waals surface area contributed by atoms with Crippen molar-refractivity contribution in [3.8, 4) is 12.1 Å². The number of hydrogen-bond donors (Lipinski definition) is 0. The number of fused-ring (bicyclic) bond motifs is 3. The highest BCUT2D eigenvalue weighted by molar-refractivity contribution is 6.74. The zero-order valence-electron chi connectivity index (χ0n) is 23.9. The SMILES string of the molecule is CC(C)(C)[Si](C)(C)OC1=CC[C@]2(O[Si](C)(C)C(C)(C)C)C(=O)[C@@]34CC(C#N)(C#N)C[C@@H]3C[C@H](O4)[C@@H]2C1. The third-order valence-electron chi connectivity index (χ3n) is 10.4. The first-order chi connectivity index (χ1) is 16.3. The number of rotatable bonds is 4. The Morgan fingerprint density at radius 1 is 1.03 bits per heavy atom. The molecule has 0 aromatic heterocycles. The zero-order chi connectivity index (χ0) is 27.2. The minimum Gasteiger partial charge on any atom is -0.547 e. The van der Waals surface area contributed by atoms with Gasteiger partial charge in [-0.25, -0.2) is 0 Å². The van der Waals surface area contributed by atoms with Crippen LogP contribution in [0.3, 0.4) is 0 Å². The molecule has 2 heterocycles. The molecule has 4 aliphatic rings. The molecule has 2 bridgehead atoms. The lowest BCUT2D eigenvalue weighted by molar-refractivity contribution is -0.200. The molecule has 5 atom stereocenters. The molecule has 6 nitrogen and oxygen atoms in total. The topological polar surface area (TPSA) is 92.3 Å². The van der Waals surface area contributed by atoms with Gasteiger partial charge in [-0.3, -0.25) is 4.79 Å². The summed E-state index contributed by atoms with van der Waals surface area (Å²) in [6.07, 6.45) is 4.30. The Morgan fingerprint density at radius 3 is 2.14 bits per heavy atom. The average molecular weight is 529 g/mol. The van der Waals surface area contributed by atoms with Gasteiger partial charge in [-0.15, -0.1) is 0 Å². The highest BCUT2D eigenvalue weighted by atomic mass is 28.4. The minimum atomic E-state index is -2.35. The maximum atomic E-state index is 14.7. The predicted molar refractivity (Wildman–Crippen MR) is 144 cm³/mol. The van der Waals surface area contributed by atoms with E-state index in [0.29, 0.717) is 25.7 Å². The highest BCUT2D eigenvalue weighted by Gasteiger charge is 2.75. The molecule has 0 radical (unpaired) electrons. The molecule has 36 heavy (non-hydrogen) atoms. The van der Waals surface area contributed by atoms with Crippen molar-refractivity contribution in [1.29, 1.82) is 10.5 Å². The van der Waals surface area contributed by atoms with Crippen LogP contribution in [-0.2, 0) is 18.4 Å². The van der Waals surface area contributed by atoms with E-state index in [2.05, 4.69) is 85.9 Å². The van der Waals surface area contributed by atoms with Crippen molar-refractivity contribution in [1.82, 2.24) is 0 Å². The molecule has 4 rings (SSSR count). The number of Topliss-reactive ketones (excluding diaryl/α,β-unsaturated/α-hetero) is 1. The second kappa shape index (κ2) is 8.02. The van der Waals surface area contributed by atoms with E-state index in [4.69, 9.17) is 13.6 Å². The molecule has 198 valence electrons. The van der Waals surface area contributed by atoms with Crippen LogP contribution in [0.4, 0.5) is 0 Å². The first-order valence-corrected chi connectivity index (χ1v) is 19.2. The molecule has 2 aliphatic carbocycles. The van der Waals surface area contributed by atoms with Crippen LogP contribution in [0.15, 0.2) is 11.8 Å². The van der Waals surface area contributed by atoms with E-state index in [1.807, 2.05) is 0 Å². The number of allylic oxidation sites excluding steroid dienone is 1. The summed E-state index contributed by atoms with van der Waals surface area (Å²) >= 11 is 0. The molecular weight excluding hydrogens is 484 g/mol. The largest absolute Gasteiger partial charge is 0.547 e. The molecule has 3 fully saturated rings. The summed E-state index contributed by atoms with van der Waals surface area (Å²) in [5, 5.41) is 19.7. The Balaban J connectivity index is 1.78. The van der Waals surface area contributed by atoms with E-state index in [0.717, 1.165) is 5.76 Å². The summed E-state index contributed by atoms with van der Waals surface area (Å²) in [6.45, 7) is 22.2. The van der Waals surface area contributed by atoms with Gasteiger partial charge in [-0.1, -0.05) is 41.5 Å². The van der Waals surface area contributed by atoms with Crippen molar-refractivity contribution < 1.29 is 18.4 Å². The maximum Gasteiger partial charge on any atom is 0.250 e. The standard InChI is InChI=1S/C28H44N2O4Si2/c1-24(2,3)35(7,8)33-20-11-12-27(34-36(9,10)25(4,5)6)21(14-20)22-13-19-15-26(17-29,18-30)16-28(19,32-22)23(27)31/h11,19,21-22H,12-16H2,1-10H3/t19-,21-,22-,27+,28+/m0/s1. The lowest BCUT2D eigenvalue weighted by atomic mass is 9.67. The van der Waals surface area contributed by atoms with Crippen LogP contribution in [0.25, 0.3) is 0 Å². The summed E-state index contributed by atoms with van der Waals surface area (Å²) in [5.74, 6) is 0.690. The van der Waals surface area contributed by atoms with Crippen LogP contribution in [0.1, 0.15) is 73.6 Å². The summed E-state index contributed by atoms with van der Waals surface area (Å²) in [7, 11) is -4.39. The van der Waals surface area contributed by atoms with Crippen molar-refractivity contribution >= 4 is 22.4 Å². The Hall–Kier alpha value is -1.46. The number of nitrogens with zero attached hydrogens (tertiary/aromatic N) is 2. The molecule has 1 saturated carbocycles. The number of nitriles is 2. The molecule has 0 N–H and O–H groups in total. The van der Waals surface area contributed by atoms with E-state index in [-0.39, 0.29) is 40.2 Å². The number of ketones is 1. The van der Waals surface area contributed by atoms with Crippen molar-refractivity contribution in [3.63, 3.8) is 0 Å². The van der Waals surface area contributed by atoms with E-state index >= 15 is 0 Å². The molecule has 8 heteroatoms. The average Bonchev–Trinajstić information content (AvgIpc) is 3.22. The van der Waals surface area contributed by atoms with Crippen LogP contribution in [0, 0.1) is 39.9 Å². The molecule has 2 saturated heterocycles. The van der Waals surface area contributed by atoms with E-state index < -0.39 is 33.3 Å². The predicted octanol–water partition coefficient (Wildman–Crippen LogP) is 6.62. The van der Waals surface area contributed by atoms with E-state index in [1.165, 1.54) is 0 Å². The zero-order valence-corrected chi connectivity index (χ0v) is 25.9. The number of carbonyl (C=O) groups is 1. The first-order valence-electron chi connectivity index (χ1n) is 13.4. The number of hydrogen-bond acceptors (Lipinski definition) is 6. The molecule has 2 aliphatic heterocycles. The van der Waals surface area contributed by atoms with Crippen molar-refractivity contribution in [2.24, 2.45) is 17.3 Å². The Labute approximate surface area is 219 Å². The summed E-state index contributed by atoms with van der Waals surface area (Å²) in [6, 6.07) is 4.45. The second-order valence-electron chi connectivity index (χ2n) is 14.8. The van der Waals surface area contributed by atoms with Gasteiger partial charge in [0.05, 0.1) is 24.0 Å². The Morgan fingerprint density at radius 2 is 1.61 bits per heavy atom. The molecule has 0 amide bonds. The highest BCUT2D eigenvalue weighted by Crippen LogP contribution is 2.65. The third-order valence-corrected chi connectivity index (χ3v) is 19.3. The van der Waals surface area contributed by atoms with Crippen LogP contribution in [-0.4, -0.2) is 39.7 Å². The van der Waals surface area contributed by atoms with E-state index in [9.17, 15) is 15.3 Å². The van der Waals surface area contributed by atoms with Crippen LogP contribution >= 0.6 is 0 Å². The van der Waals surface area contributed by atoms with Gasteiger partial charge < -0.3 is 13.6 Å². The van der Waals surface area contributed by atoms with Gasteiger partial charge in [0.2, 0.25) is 8.32 Å². The third kappa shape index (κ3) is 3.86. The van der Waals surface area contributed by atoms with Gasteiger partial charge in [-0.05, 0) is 55.2 Å². The molecule has 0 aromatic carbocycles. The monoisotopic (exact) mass is 528 g/mol. The van der Waals surface area contributed by atoms with Crippen LogP contribution < -0.4 is 0 Å². The van der Waals surface area contributed by atoms with Crippen molar-refractivity contribution in [2.75, 3.05) is 0 Å². The molecule has 1 spiro atoms. The fourth-order valence-corrected chi connectivity index (χ4v) is 8.96. The van der Waals surface area contributed by atoms with Gasteiger partial charge in [-0.2, -0.15) is 10.5 Å². The first kappa shape index (κ1) is 27.6. The fourth-order valence-electron chi connectivity index (χ4n) is 6.29. The molecule has 0 unspecified atom stereocenters. The minimum absolute atomic E-state index is 0.0291. The van der Waals surface area contributed by atoms with Gasteiger partial charge >= 0.3 is 0 Å². The number of ether oxygens (including phenoxy) is 1. The Bertz CT molecular complexity index is 1060. The Kier molecular flexibility index (Phi) is 6.15. The quantitative estimate of drug-likeness (QED) is 0.381. The molecule has 0 aromatic rings. The normalized spacial score (nSPS) is 35.8. The van der Waals surface area contributed by atoms with E-state index in [1.54, 1.807) is 0 Å². The number of carbonyl (C=O) groups excluding carboxylic acids is 1. The fraction of sp³-hybridized carbons (Fsp3) is 0.821. The van der Waals surface area contributed by atoms with Crippen molar-refractivity contribution in [2.45, 2.75) is 127 Å². The van der Waals surface area contributed by atoms with Crippen molar-refractivity contribution in [3.05, 3.63) is 11.8 Å².